The smallest absolute Gasteiger partial charge is 0.240 e. The van der Waals surface area contributed by atoms with E-state index in [0.717, 1.165) is 22.8 Å². The second-order valence-electron chi connectivity index (χ2n) is 5.65. The molecule has 0 fully saturated rings. The number of carbonyl (C=O) groups excluding carboxylic acids is 1. The van der Waals surface area contributed by atoms with Gasteiger partial charge in [-0.1, -0.05) is 6.07 Å². The van der Waals surface area contributed by atoms with Gasteiger partial charge in [0, 0.05) is 13.3 Å². The van der Waals surface area contributed by atoms with Crippen molar-refractivity contribution < 1.29 is 18.7 Å². The van der Waals surface area contributed by atoms with E-state index in [1.54, 1.807) is 0 Å². The van der Waals surface area contributed by atoms with Gasteiger partial charge >= 0.3 is 0 Å². The first-order chi connectivity index (χ1) is 11.1. The van der Waals surface area contributed by atoms with Crippen LogP contribution < -0.4 is 9.47 Å². The molecule has 1 amide bonds. The molecular weight excluding hydrogens is 296 g/mol. The van der Waals surface area contributed by atoms with Gasteiger partial charge in [-0.3, -0.25) is 4.79 Å². The van der Waals surface area contributed by atoms with Crippen LogP contribution in [0.4, 0.5) is 0 Å². The summed E-state index contributed by atoms with van der Waals surface area (Å²) in [5.41, 5.74) is 1.74. The highest BCUT2D eigenvalue weighted by Gasteiger charge is 2.33. The molecule has 4 rings (SSSR count). The fourth-order valence-electron chi connectivity index (χ4n) is 2.92. The second kappa shape index (κ2) is 5.15. The van der Waals surface area contributed by atoms with Crippen molar-refractivity contribution in [2.45, 2.75) is 26.3 Å². The summed E-state index contributed by atoms with van der Waals surface area (Å²) in [6, 6.07) is 9.33. The molecule has 1 unspecified atom stereocenters. The van der Waals surface area contributed by atoms with E-state index >= 15 is 0 Å². The molecular formula is C17H16N2O4. The summed E-state index contributed by atoms with van der Waals surface area (Å²) in [6.45, 7) is 3.63. The number of rotatable bonds is 2. The van der Waals surface area contributed by atoms with Crippen LogP contribution in [-0.2, 0) is 4.79 Å². The molecule has 1 aromatic carbocycles. The minimum atomic E-state index is -0.164. The highest BCUT2D eigenvalue weighted by Crippen LogP contribution is 2.39. The largest absolute Gasteiger partial charge is 0.460 e. The Morgan fingerprint density at radius 1 is 1.22 bits per heavy atom. The van der Waals surface area contributed by atoms with Crippen LogP contribution in [0.1, 0.15) is 36.5 Å². The van der Waals surface area contributed by atoms with Crippen LogP contribution in [0.2, 0.25) is 0 Å². The number of furan rings is 1. The lowest BCUT2D eigenvalue weighted by atomic mass is 10.0. The third-order valence-corrected chi connectivity index (χ3v) is 4.04. The lowest BCUT2D eigenvalue weighted by Gasteiger charge is -2.20. The topological polar surface area (TPSA) is 64.3 Å². The summed E-state index contributed by atoms with van der Waals surface area (Å²) in [6.07, 6.45) is 0.603. The van der Waals surface area contributed by atoms with Gasteiger partial charge in [0.2, 0.25) is 12.7 Å². The van der Waals surface area contributed by atoms with E-state index in [1.165, 1.54) is 11.9 Å². The maximum atomic E-state index is 12.0. The van der Waals surface area contributed by atoms with E-state index < -0.39 is 0 Å². The van der Waals surface area contributed by atoms with Gasteiger partial charge in [0.1, 0.15) is 17.2 Å². The molecule has 0 bridgehead atoms. The summed E-state index contributed by atoms with van der Waals surface area (Å²) in [7, 11) is 0. The Balaban J connectivity index is 1.67. The van der Waals surface area contributed by atoms with Gasteiger partial charge in [0.15, 0.2) is 11.5 Å². The fraction of sp³-hybridized carbons (Fsp3) is 0.294. The first-order valence-electron chi connectivity index (χ1n) is 7.45. The standard InChI is InChI=1S/C17H16N2O4/c1-10-3-5-15(23-10)13-8-14(19(18-13)11(2)20)12-4-6-16-17(7-12)22-9-21-16/h3-7,14H,8-9H2,1-2H3. The van der Waals surface area contributed by atoms with E-state index in [2.05, 4.69) is 5.10 Å². The van der Waals surface area contributed by atoms with Crippen LogP contribution in [0, 0.1) is 6.92 Å². The first-order valence-corrected chi connectivity index (χ1v) is 7.45. The van der Waals surface area contributed by atoms with Crippen molar-refractivity contribution in [2.24, 2.45) is 5.10 Å². The molecule has 0 radical (unpaired) electrons. The van der Waals surface area contributed by atoms with Gasteiger partial charge in [0.25, 0.3) is 0 Å². The maximum Gasteiger partial charge on any atom is 0.240 e. The van der Waals surface area contributed by atoms with Gasteiger partial charge in [-0.15, -0.1) is 0 Å². The summed E-state index contributed by atoms with van der Waals surface area (Å²) in [4.78, 5) is 12.0. The number of ether oxygens (including phenoxy) is 2. The Labute approximate surface area is 133 Å². The third kappa shape index (κ3) is 2.36. The van der Waals surface area contributed by atoms with Crippen LogP contribution in [0.5, 0.6) is 11.5 Å². The van der Waals surface area contributed by atoms with E-state index in [9.17, 15) is 4.79 Å². The van der Waals surface area contributed by atoms with Crippen molar-refractivity contribution in [2.75, 3.05) is 6.79 Å². The Morgan fingerprint density at radius 3 is 2.78 bits per heavy atom. The van der Waals surface area contributed by atoms with E-state index in [-0.39, 0.29) is 18.7 Å². The maximum absolute atomic E-state index is 12.0. The summed E-state index contributed by atoms with van der Waals surface area (Å²) < 4.78 is 16.4. The summed E-state index contributed by atoms with van der Waals surface area (Å²) >= 11 is 0. The number of aryl methyl sites for hydroxylation is 1. The summed E-state index contributed by atoms with van der Waals surface area (Å²) in [5, 5.41) is 5.96. The van der Waals surface area contributed by atoms with Crippen LogP contribution in [-0.4, -0.2) is 23.4 Å². The molecule has 2 aliphatic rings. The number of carbonyl (C=O) groups is 1. The zero-order valence-electron chi connectivity index (χ0n) is 12.9. The van der Waals surface area contributed by atoms with Crippen LogP contribution in [0.15, 0.2) is 39.9 Å². The zero-order valence-corrected chi connectivity index (χ0v) is 12.9. The van der Waals surface area contributed by atoms with Gasteiger partial charge in [-0.05, 0) is 36.8 Å². The van der Waals surface area contributed by atoms with Crippen LogP contribution >= 0.6 is 0 Å². The first kappa shape index (κ1) is 13.9. The summed E-state index contributed by atoms with van der Waals surface area (Å²) in [5.74, 6) is 2.85. The second-order valence-corrected chi connectivity index (χ2v) is 5.65. The minimum Gasteiger partial charge on any atom is -0.460 e. The molecule has 1 atom stereocenters. The Morgan fingerprint density at radius 2 is 2.04 bits per heavy atom. The third-order valence-electron chi connectivity index (χ3n) is 4.04. The molecule has 3 heterocycles. The number of hydrazone groups is 1. The molecule has 6 heteroatoms. The van der Waals surface area contributed by atoms with Crippen molar-refractivity contribution >= 4 is 11.6 Å². The lowest BCUT2D eigenvalue weighted by Crippen LogP contribution is -2.24. The lowest BCUT2D eigenvalue weighted by molar-refractivity contribution is -0.130. The quantitative estimate of drug-likeness (QED) is 0.855. The molecule has 0 aliphatic carbocycles. The van der Waals surface area contributed by atoms with Crippen LogP contribution in [0.3, 0.4) is 0 Å². The molecule has 0 saturated carbocycles. The average Bonchev–Trinajstić information content (AvgIpc) is 3.24. The normalized spacial score (nSPS) is 19.1. The molecule has 6 nitrogen and oxygen atoms in total. The predicted molar refractivity (Wildman–Crippen MR) is 82.4 cm³/mol. The molecule has 0 spiro atoms. The fourth-order valence-corrected chi connectivity index (χ4v) is 2.92. The number of benzene rings is 1. The van der Waals surface area contributed by atoms with Gasteiger partial charge < -0.3 is 13.9 Å². The van der Waals surface area contributed by atoms with Crippen molar-refractivity contribution in [3.8, 4) is 11.5 Å². The number of nitrogens with zero attached hydrogens (tertiary/aromatic N) is 2. The Hall–Kier alpha value is -2.76. The Bertz CT molecular complexity index is 809. The van der Waals surface area contributed by atoms with Crippen molar-refractivity contribution in [1.29, 1.82) is 0 Å². The number of hydrogen-bond donors (Lipinski definition) is 0. The molecule has 23 heavy (non-hydrogen) atoms. The molecule has 118 valence electrons. The Kier molecular flexibility index (Phi) is 3.11. The average molecular weight is 312 g/mol. The number of amides is 1. The minimum absolute atomic E-state index is 0.106. The van der Waals surface area contributed by atoms with Crippen LogP contribution in [0.25, 0.3) is 0 Å². The molecule has 1 aromatic heterocycles. The van der Waals surface area contributed by atoms with Gasteiger partial charge in [-0.2, -0.15) is 5.10 Å². The highest BCUT2D eigenvalue weighted by atomic mass is 16.7. The number of fused-ring (bicyclic) bond motifs is 1. The SMILES string of the molecule is CC(=O)N1N=C(c2ccc(C)o2)CC1c1ccc2c(c1)OCO2. The van der Waals surface area contributed by atoms with Crippen molar-refractivity contribution in [3.05, 3.63) is 47.4 Å². The highest BCUT2D eigenvalue weighted by molar-refractivity contribution is 6.01. The van der Waals surface area contributed by atoms with Gasteiger partial charge in [0.05, 0.1) is 6.04 Å². The predicted octanol–water partition coefficient (Wildman–Crippen LogP) is 3.01. The van der Waals surface area contributed by atoms with E-state index in [1.807, 2.05) is 37.3 Å². The van der Waals surface area contributed by atoms with E-state index in [4.69, 9.17) is 13.9 Å². The monoisotopic (exact) mass is 312 g/mol. The van der Waals surface area contributed by atoms with Crippen molar-refractivity contribution in [3.63, 3.8) is 0 Å². The number of hydrogen-bond acceptors (Lipinski definition) is 5. The van der Waals surface area contributed by atoms with Gasteiger partial charge in [-0.25, -0.2) is 5.01 Å². The molecule has 2 aromatic rings. The molecule has 2 aliphatic heterocycles. The molecule has 0 saturated heterocycles. The zero-order chi connectivity index (χ0) is 16.0. The van der Waals surface area contributed by atoms with Crippen molar-refractivity contribution in [1.82, 2.24) is 5.01 Å². The molecule has 0 N–H and O–H groups in total. The van der Waals surface area contributed by atoms with E-state index in [0.29, 0.717) is 17.9 Å².